The summed E-state index contributed by atoms with van der Waals surface area (Å²) in [4.78, 5) is 14.3. The quantitative estimate of drug-likeness (QED) is 0.916. The van der Waals surface area contributed by atoms with Crippen molar-refractivity contribution in [2.24, 2.45) is 0 Å². The number of aryl methyl sites for hydroxylation is 1. The van der Waals surface area contributed by atoms with Crippen molar-refractivity contribution in [2.75, 3.05) is 25.0 Å². The van der Waals surface area contributed by atoms with Gasteiger partial charge in [0.15, 0.2) is 0 Å². The lowest BCUT2D eigenvalue weighted by Crippen LogP contribution is -2.39. The first-order valence-electron chi connectivity index (χ1n) is 6.90. The van der Waals surface area contributed by atoms with E-state index in [0.29, 0.717) is 18.3 Å². The number of halogens is 1. The summed E-state index contributed by atoms with van der Waals surface area (Å²) in [6, 6.07) is 0.374. The van der Waals surface area contributed by atoms with Crippen LogP contribution in [-0.2, 0) is 6.54 Å². The minimum atomic E-state index is -0.222. The van der Waals surface area contributed by atoms with Gasteiger partial charge in [-0.15, -0.1) is 0 Å². The zero-order valence-electron chi connectivity index (χ0n) is 11.5. The minimum absolute atomic E-state index is 0.222. The topological polar surface area (TPSA) is 50.2 Å². The number of anilines is 1. The SMILES string of the molecule is CCN1CCC(Nc2cnn(CC)c(=O)c2Cl)CC1. The van der Waals surface area contributed by atoms with Gasteiger partial charge in [-0.3, -0.25) is 4.79 Å². The Bertz CT molecular complexity index is 480. The second-order valence-corrected chi connectivity index (χ2v) is 5.22. The van der Waals surface area contributed by atoms with Crippen molar-refractivity contribution in [2.45, 2.75) is 39.3 Å². The summed E-state index contributed by atoms with van der Waals surface area (Å²) < 4.78 is 1.37. The van der Waals surface area contributed by atoms with Gasteiger partial charge in [0.25, 0.3) is 5.56 Å². The van der Waals surface area contributed by atoms with E-state index in [1.807, 2.05) is 6.92 Å². The molecule has 0 bridgehead atoms. The molecule has 2 rings (SSSR count). The second-order valence-electron chi connectivity index (χ2n) is 4.85. The highest BCUT2D eigenvalue weighted by Gasteiger charge is 2.19. The van der Waals surface area contributed by atoms with Crippen LogP contribution in [0.5, 0.6) is 0 Å². The normalized spacial score (nSPS) is 17.6. The number of hydrogen-bond donors (Lipinski definition) is 1. The summed E-state index contributed by atoms with van der Waals surface area (Å²) >= 11 is 6.11. The summed E-state index contributed by atoms with van der Waals surface area (Å²) in [5.74, 6) is 0. The Labute approximate surface area is 118 Å². The van der Waals surface area contributed by atoms with E-state index >= 15 is 0 Å². The molecule has 106 valence electrons. The van der Waals surface area contributed by atoms with Crippen molar-refractivity contribution in [1.82, 2.24) is 14.7 Å². The van der Waals surface area contributed by atoms with E-state index in [2.05, 4.69) is 22.2 Å². The first-order valence-corrected chi connectivity index (χ1v) is 7.28. The molecule has 1 aromatic rings. The van der Waals surface area contributed by atoms with Gasteiger partial charge in [0.1, 0.15) is 5.02 Å². The smallest absolute Gasteiger partial charge is 0.287 e. The van der Waals surface area contributed by atoms with Crippen LogP contribution >= 0.6 is 11.6 Å². The summed E-state index contributed by atoms with van der Waals surface area (Å²) in [6.07, 6.45) is 3.79. The monoisotopic (exact) mass is 284 g/mol. The first kappa shape index (κ1) is 14.3. The van der Waals surface area contributed by atoms with Crippen molar-refractivity contribution >= 4 is 17.3 Å². The van der Waals surface area contributed by atoms with E-state index < -0.39 is 0 Å². The maximum Gasteiger partial charge on any atom is 0.287 e. The van der Waals surface area contributed by atoms with E-state index in [4.69, 9.17) is 11.6 Å². The summed E-state index contributed by atoms with van der Waals surface area (Å²) in [5.41, 5.74) is 0.437. The molecule has 0 saturated carbocycles. The maximum atomic E-state index is 11.9. The van der Waals surface area contributed by atoms with Crippen molar-refractivity contribution in [3.63, 3.8) is 0 Å². The van der Waals surface area contributed by atoms with Crippen LogP contribution in [-0.4, -0.2) is 40.4 Å². The number of hydrogen-bond acceptors (Lipinski definition) is 4. The molecule has 1 saturated heterocycles. The molecule has 1 aromatic heterocycles. The van der Waals surface area contributed by atoms with Crippen molar-refractivity contribution in [3.8, 4) is 0 Å². The molecule has 6 heteroatoms. The van der Waals surface area contributed by atoms with Crippen LogP contribution in [0.2, 0.25) is 5.02 Å². The fourth-order valence-corrected chi connectivity index (χ4v) is 2.61. The molecular formula is C13H21ClN4O. The number of nitrogens with zero attached hydrogens (tertiary/aromatic N) is 3. The van der Waals surface area contributed by atoms with E-state index in [9.17, 15) is 4.79 Å². The Kier molecular flexibility index (Phi) is 4.82. The Morgan fingerprint density at radius 3 is 2.63 bits per heavy atom. The average molecular weight is 285 g/mol. The number of aromatic nitrogens is 2. The van der Waals surface area contributed by atoms with E-state index in [1.165, 1.54) is 4.68 Å². The van der Waals surface area contributed by atoms with Crippen molar-refractivity contribution in [1.29, 1.82) is 0 Å². The molecule has 0 radical (unpaired) electrons. The van der Waals surface area contributed by atoms with E-state index in [1.54, 1.807) is 6.20 Å². The molecule has 0 aliphatic carbocycles. The molecular weight excluding hydrogens is 264 g/mol. The molecule has 2 heterocycles. The molecule has 0 aromatic carbocycles. The van der Waals surface area contributed by atoms with Gasteiger partial charge in [-0.1, -0.05) is 18.5 Å². The lowest BCUT2D eigenvalue weighted by molar-refractivity contribution is 0.229. The summed E-state index contributed by atoms with van der Waals surface area (Å²) in [7, 11) is 0. The molecule has 1 N–H and O–H groups in total. The van der Waals surface area contributed by atoms with Gasteiger partial charge < -0.3 is 10.2 Å². The van der Waals surface area contributed by atoms with Gasteiger partial charge in [-0.05, 0) is 26.3 Å². The third kappa shape index (κ3) is 3.28. The van der Waals surface area contributed by atoms with Gasteiger partial charge in [0.05, 0.1) is 11.9 Å². The van der Waals surface area contributed by atoms with E-state index in [0.717, 1.165) is 32.5 Å². The Balaban J connectivity index is 2.04. The van der Waals surface area contributed by atoms with Crippen LogP contribution in [0.4, 0.5) is 5.69 Å². The Morgan fingerprint density at radius 2 is 2.05 bits per heavy atom. The molecule has 0 atom stereocenters. The lowest BCUT2D eigenvalue weighted by atomic mass is 10.1. The second kappa shape index (κ2) is 6.39. The molecule has 19 heavy (non-hydrogen) atoms. The third-order valence-electron chi connectivity index (χ3n) is 3.68. The maximum absolute atomic E-state index is 11.9. The fourth-order valence-electron chi connectivity index (χ4n) is 2.40. The number of likely N-dealkylation sites (tertiary alicyclic amines) is 1. The van der Waals surface area contributed by atoms with Crippen molar-refractivity contribution < 1.29 is 0 Å². The van der Waals surface area contributed by atoms with Crippen LogP contribution in [0.15, 0.2) is 11.0 Å². The number of rotatable bonds is 4. The predicted octanol–water partition coefficient (Wildman–Crippen LogP) is 1.81. The number of nitrogens with one attached hydrogen (secondary N) is 1. The summed E-state index contributed by atoms with van der Waals surface area (Å²) in [5, 5.41) is 7.70. The van der Waals surface area contributed by atoms with Gasteiger partial charge in [-0.2, -0.15) is 5.10 Å². The molecule has 1 fully saturated rings. The minimum Gasteiger partial charge on any atom is -0.380 e. The Hall–Kier alpha value is -1.07. The molecule has 0 amide bonds. The predicted molar refractivity (Wildman–Crippen MR) is 77.9 cm³/mol. The zero-order valence-corrected chi connectivity index (χ0v) is 12.3. The lowest BCUT2D eigenvalue weighted by Gasteiger charge is -2.32. The highest BCUT2D eigenvalue weighted by atomic mass is 35.5. The standard InChI is InChI=1S/C13H21ClN4O/c1-3-17-7-5-10(6-8-17)16-11-9-15-18(4-2)13(19)12(11)14/h9-10,16H,3-8H2,1-2H3. The van der Waals surface area contributed by atoms with Crippen molar-refractivity contribution in [3.05, 3.63) is 21.6 Å². The zero-order chi connectivity index (χ0) is 13.8. The Morgan fingerprint density at radius 1 is 1.37 bits per heavy atom. The fraction of sp³-hybridized carbons (Fsp3) is 0.692. The third-order valence-corrected chi connectivity index (χ3v) is 4.04. The van der Waals surface area contributed by atoms with Gasteiger partial charge in [0.2, 0.25) is 0 Å². The molecule has 0 unspecified atom stereocenters. The average Bonchev–Trinajstić information content (AvgIpc) is 2.45. The first-order chi connectivity index (χ1) is 9.15. The van der Waals surface area contributed by atoms with Gasteiger partial charge in [0, 0.05) is 25.7 Å². The molecule has 1 aliphatic heterocycles. The highest BCUT2D eigenvalue weighted by molar-refractivity contribution is 6.32. The van der Waals surface area contributed by atoms with Crippen LogP contribution < -0.4 is 10.9 Å². The number of piperidine rings is 1. The van der Waals surface area contributed by atoms with Gasteiger partial charge in [-0.25, -0.2) is 4.68 Å². The van der Waals surface area contributed by atoms with Crippen LogP contribution in [0.25, 0.3) is 0 Å². The van der Waals surface area contributed by atoms with Crippen LogP contribution in [0.1, 0.15) is 26.7 Å². The molecule has 5 nitrogen and oxygen atoms in total. The van der Waals surface area contributed by atoms with Crippen LogP contribution in [0, 0.1) is 0 Å². The van der Waals surface area contributed by atoms with E-state index in [-0.39, 0.29) is 10.6 Å². The highest BCUT2D eigenvalue weighted by Crippen LogP contribution is 2.20. The van der Waals surface area contributed by atoms with Crippen LogP contribution in [0.3, 0.4) is 0 Å². The molecule has 0 spiro atoms. The van der Waals surface area contributed by atoms with Gasteiger partial charge >= 0.3 is 0 Å². The summed E-state index contributed by atoms with van der Waals surface area (Å²) in [6.45, 7) is 7.86. The molecule has 1 aliphatic rings. The largest absolute Gasteiger partial charge is 0.380 e.